The zero-order valence-corrected chi connectivity index (χ0v) is 14.8. The van der Waals surface area contributed by atoms with Crippen LogP contribution in [0.3, 0.4) is 0 Å². The SMILES string of the molecule is CCNC(c1ccc(C)cc1)C(C)S(=O)CCS(C)(=O)=O. The van der Waals surface area contributed by atoms with Crippen LogP contribution in [0.2, 0.25) is 0 Å². The summed E-state index contributed by atoms with van der Waals surface area (Å²) in [5.41, 5.74) is 2.27. The lowest BCUT2D eigenvalue weighted by Crippen LogP contribution is -2.34. The summed E-state index contributed by atoms with van der Waals surface area (Å²) in [6, 6.07) is 8.10. The zero-order valence-electron chi connectivity index (χ0n) is 13.1. The van der Waals surface area contributed by atoms with Crippen molar-refractivity contribution in [3.05, 3.63) is 35.4 Å². The summed E-state index contributed by atoms with van der Waals surface area (Å²) in [5, 5.41) is 3.21. The maximum atomic E-state index is 12.4. The number of sulfone groups is 1. The van der Waals surface area contributed by atoms with Gasteiger partial charge in [-0.3, -0.25) is 4.21 Å². The Kier molecular flexibility index (Phi) is 7.03. The van der Waals surface area contributed by atoms with E-state index in [0.29, 0.717) is 0 Å². The zero-order chi connectivity index (χ0) is 16.0. The van der Waals surface area contributed by atoms with Crippen molar-refractivity contribution >= 4 is 20.6 Å². The van der Waals surface area contributed by atoms with E-state index in [9.17, 15) is 12.6 Å². The second kappa shape index (κ2) is 8.06. The highest BCUT2D eigenvalue weighted by molar-refractivity contribution is 7.92. The summed E-state index contributed by atoms with van der Waals surface area (Å²) in [7, 11) is -4.26. The van der Waals surface area contributed by atoms with Crippen LogP contribution >= 0.6 is 0 Å². The normalized spacial score (nSPS) is 16.4. The smallest absolute Gasteiger partial charge is 0.148 e. The minimum absolute atomic E-state index is 0.0311. The van der Waals surface area contributed by atoms with Gasteiger partial charge in [0.2, 0.25) is 0 Å². The maximum absolute atomic E-state index is 12.4. The van der Waals surface area contributed by atoms with Gasteiger partial charge in [0, 0.05) is 28.9 Å². The van der Waals surface area contributed by atoms with Crippen LogP contribution in [-0.4, -0.2) is 42.2 Å². The Morgan fingerprint density at radius 2 is 1.81 bits per heavy atom. The van der Waals surface area contributed by atoms with Crippen LogP contribution in [-0.2, 0) is 20.6 Å². The van der Waals surface area contributed by atoms with E-state index in [0.717, 1.165) is 12.1 Å². The van der Waals surface area contributed by atoms with E-state index in [4.69, 9.17) is 0 Å². The Morgan fingerprint density at radius 3 is 2.29 bits per heavy atom. The van der Waals surface area contributed by atoms with Crippen molar-refractivity contribution in [2.75, 3.05) is 24.3 Å². The van der Waals surface area contributed by atoms with E-state index in [2.05, 4.69) is 5.32 Å². The molecule has 1 aromatic carbocycles. The minimum atomic E-state index is -3.07. The van der Waals surface area contributed by atoms with Crippen LogP contribution < -0.4 is 5.32 Å². The Hall–Kier alpha value is -0.720. The molecule has 0 radical (unpaired) electrons. The fourth-order valence-electron chi connectivity index (χ4n) is 2.12. The first kappa shape index (κ1) is 18.3. The van der Waals surface area contributed by atoms with Gasteiger partial charge in [-0.1, -0.05) is 36.8 Å². The molecular weight excluding hydrogens is 306 g/mol. The van der Waals surface area contributed by atoms with E-state index in [1.54, 1.807) is 0 Å². The van der Waals surface area contributed by atoms with Gasteiger partial charge < -0.3 is 5.32 Å². The topological polar surface area (TPSA) is 63.2 Å². The van der Waals surface area contributed by atoms with Crippen LogP contribution in [0.5, 0.6) is 0 Å². The molecule has 1 aromatic rings. The number of hydrogen-bond acceptors (Lipinski definition) is 4. The molecule has 0 aliphatic carbocycles. The monoisotopic (exact) mass is 331 g/mol. The highest BCUT2D eigenvalue weighted by Gasteiger charge is 2.24. The quantitative estimate of drug-likeness (QED) is 0.789. The first-order valence-electron chi connectivity index (χ1n) is 7.09. The van der Waals surface area contributed by atoms with Crippen molar-refractivity contribution in [2.24, 2.45) is 0 Å². The van der Waals surface area contributed by atoms with Gasteiger partial charge in [0.15, 0.2) is 0 Å². The number of nitrogens with one attached hydrogen (secondary N) is 1. The molecule has 0 aliphatic rings. The summed E-state index contributed by atoms with van der Waals surface area (Å²) in [5.74, 6) is 0.157. The molecular formula is C15H25NO3S2. The van der Waals surface area contributed by atoms with E-state index in [-0.39, 0.29) is 22.8 Å². The first-order chi connectivity index (χ1) is 9.74. The molecule has 6 heteroatoms. The molecule has 0 aliphatic heterocycles. The standard InChI is InChI=1S/C15H25NO3S2/c1-5-16-15(14-8-6-12(2)7-9-14)13(3)20(17)10-11-21(4,18)19/h6-9,13,15-16H,5,10-11H2,1-4H3. The van der Waals surface area contributed by atoms with Gasteiger partial charge >= 0.3 is 0 Å². The number of benzene rings is 1. The summed E-state index contributed by atoms with van der Waals surface area (Å²) >= 11 is 0. The third-order valence-corrected chi connectivity index (χ3v) is 6.31. The van der Waals surface area contributed by atoms with Crippen LogP contribution in [0.25, 0.3) is 0 Å². The number of rotatable bonds is 8. The predicted molar refractivity (Wildman–Crippen MR) is 89.8 cm³/mol. The largest absolute Gasteiger partial charge is 0.309 e. The summed E-state index contributed by atoms with van der Waals surface area (Å²) in [4.78, 5) is 0. The van der Waals surface area contributed by atoms with Gasteiger partial charge in [0.05, 0.1) is 11.0 Å². The molecule has 1 rings (SSSR count). The van der Waals surface area contributed by atoms with Crippen LogP contribution in [0, 0.1) is 6.92 Å². The molecule has 0 aromatic heterocycles. The molecule has 3 atom stereocenters. The second-order valence-electron chi connectivity index (χ2n) is 5.37. The number of hydrogen-bond donors (Lipinski definition) is 1. The lowest BCUT2D eigenvalue weighted by molar-refractivity contribution is 0.535. The van der Waals surface area contributed by atoms with Crippen molar-refractivity contribution in [1.29, 1.82) is 0 Å². The Morgan fingerprint density at radius 1 is 1.24 bits per heavy atom. The third kappa shape index (κ3) is 6.28. The molecule has 1 N–H and O–H groups in total. The van der Waals surface area contributed by atoms with Crippen molar-refractivity contribution in [2.45, 2.75) is 32.1 Å². The molecule has 3 unspecified atom stereocenters. The fourth-order valence-corrected chi connectivity index (χ4v) is 4.92. The molecule has 21 heavy (non-hydrogen) atoms. The van der Waals surface area contributed by atoms with E-state index < -0.39 is 20.6 Å². The number of aryl methyl sites for hydroxylation is 1. The van der Waals surface area contributed by atoms with Crippen LogP contribution in [0.4, 0.5) is 0 Å². The average molecular weight is 332 g/mol. The van der Waals surface area contributed by atoms with Gasteiger partial charge in [-0.05, 0) is 26.0 Å². The molecule has 4 nitrogen and oxygen atoms in total. The molecule has 0 saturated carbocycles. The molecule has 0 fully saturated rings. The van der Waals surface area contributed by atoms with Crippen molar-refractivity contribution < 1.29 is 12.6 Å². The molecule has 0 spiro atoms. The highest BCUT2D eigenvalue weighted by atomic mass is 32.2. The van der Waals surface area contributed by atoms with Crippen molar-refractivity contribution in [3.8, 4) is 0 Å². The lowest BCUT2D eigenvalue weighted by atomic mass is 10.0. The molecule has 0 amide bonds. The van der Waals surface area contributed by atoms with Crippen LogP contribution in [0.1, 0.15) is 31.0 Å². The Labute approximate surface area is 130 Å². The Bertz CT molecular complexity index is 567. The first-order valence-corrected chi connectivity index (χ1v) is 10.5. The van der Waals surface area contributed by atoms with E-state index in [1.165, 1.54) is 11.8 Å². The lowest BCUT2D eigenvalue weighted by Gasteiger charge is -2.25. The van der Waals surface area contributed by atoms with E-state index in [1.807, 2.05) is 45.0 Å². The maximum Gasteiger partial charge on any atom is 0.148 e. The van der Waals surface area contributed by atoms with Gasteiger partial charge in [0.25, 0.3) is 0 Å². The van der Waals surface area contributed by atoms with Gasteiger partial charge in [-0.25, -0.2) is 8.42 Å². The summed E-state index contributed by atoms with van der Waals surface area (Å²) in [6.07, 6.45) is 1.18. The second-order valence-corrected chi connectivity index (χ2v) is 9.54. The fraction of sp³-hybridized carbons (Fsp3) is 0.600. The molecule has 0 heterocycles. The summed E-state index contributed by atoms with van der Waals surface area (Å²) < 4.78 is 34.8. The third-order valence-electron chi connectivity index (χ3n) is 3.40. The van der Waals surface area contributed by atoms with Crippen LogP contribution in [0.15, 0.2) is 24.3 Å². The van der Waals surface area contributed by atoms with Crippen molar-refractivity contribution in [3.63, 3.8) is 0 Å². The molecule has 0 saturated heterocycles. The van der Waals surface area contributed by atoms with Gasteiger partial charge in [-0.15, -0.1) is 0 Å². The molecule has 0 bridgehead atoms. The predicted octanol–water partition coefficient (Wildman–Crippen LogP) is 1.83. The average Bonchev–Trinajstić information content (AvgIpc) is 2.42. The minimum Gasteiger partial charge on any atom is -0.309 e. The van der Waals surface area contributed by atoms with Gasteiger partial charge in [-0.2, -0.15) is 0 Å². The molecule has 120 valence electrons. The Balaban J connectivity index is 2.84. The van der Waals surface area contributed by atoms with Crippen molar-refractivity contribution in [1.82, 2.24) is 5.32 Å². The van der Waals surface area contributed by atoms with Gasteiger partial charge in [0.1, 0.15) is 9.84 Å². The van der Waals surface area contributed by atoms with E-state index >= 15 is 0 Å². The highest BCUT2D eigenvalue weighted by Crippen LogP contribution is 2.21. The summed E-state index contributed by atoms with van der Waals surface area (Å²) in [6.45, 7) is 6.71.